The fraction of sp³-hybridized carbons (Fsp3) is 0.208. The second-order valence-electron chi connectivity index (χ2n) is 7.23. The second-order valence-corrected chi connectivity index (χ2v) is 7.23. The molecule has 2 aromatic heterocycles. The summed E-state index contributed by atoms with van der Waals surface area (Å²) in [6.07, 6.45) is 1.57. The van der Waals surface area contributed by atoms with Crippen molar-refractivity contribution in [1.29, 1.82) is 0 Å². The molecule has 0 fully saturated rings. The zero-order valence-corrected chi connectivity index (χ0v) is 17.9. The highest BCUT2D eigenvalue weighted by molar-refractivity contribution is 5.95. The Morgan fingerprint density at radius 3 is 2.58 bits per heavy atom. The van der Waals surface area contributed by atoms with Crippen LogP contribution in [0.15, 0.2) is 60.8 Å². The molecule has 0 aliphatic rings. The maximum Gasteiger partial charge on any atom is 0.255 e. The lowest BCUT2D eigenvalue weighted by Crippen LogP contribution is -2.27. The van der Waals surface area contributed by atoms with Crippen molar-refractivity contribution in [2.24, 2.45) is 0 Å². The number of fused-ring (bicyclic) bond motifs is 1. The number of rotatable bonds is 6. The zero-order valence-electron chi connectivity index (χ0n) is 17.9. The average molecular weight is 416 g/mol. The SMILES string of the molecule is COc1ccc(C(C)NC(=O)c2cnn(-c3ccc4ccccc4n3)c2C)cc1OC. The predicted octanol–water partition coefficient (Wildman–Crippen LogP) is 4.24. The summed E-state index contributed by atoms with van der Waals surface area (Å²) in [6.45, 7) is 3.78. The quantitative estimate of drug-likeness (QED) is 0.509. The van der Waals surface area contributed by atoms with Gasteiger partial charge >= 0.3 is 0 Å². The van der Waals surface area contributed by atoms with Crippen LogP contribution in [-0.2, 0) is 0 Å². The van der Waals surface area contributed by atoms with Gasteiger partial charge in [0.2, 0.25) is 0 Å². The van der Waals surface area contributed by atoms with Gasteiger partial charge in [-0.2, -0.15) is 5.10 Å². The van der Waals surface area contributed by atoms with E-state index in [4.69, 9.17) is 9.47 Å². The Hall–Kier alpha value is -3.87. The first kappa shape index (κ1) is 20.4. The monoisotopic (exact) mass is 416 g/mol. The standard InChI is InChI=1S/C24H24N4O3/c1-15(18-9-11-21(30-3)22(13-18)31-4)26-24(29)19-14-25-28(16(19)2)23-12-10-17-7-5-6-8-20(17)27-23/h5-15H,1-4H3,(H,26,29). The first-order valence-electron chi connectivity index (χ1n) is 9.95. The van der Waals surface area contributed by atoms with Gasteiger partial charge in [0.15, 0.2) is 17.3 Å². The summed E-state index contributed by atoms with van der Waals surface area (Å²) in [4.78, 5) is 17.6. The van der Waals surface area contributed by atoms with Crippen molar-refractivity contribution in [1.82, 2.24) is 20.1 Å². The predicted molar refractivity (Wildman–Crippen MR) is 119 cm³/mol. The minimum absolute atomic E-state index is 0.202. The number of ether oxygens (including phenoxy) is 2. The molecule has 2 aromatic carbocycles. The van der Waals surface area contributed by atoms with Crippen LogP contribution in [0.4, 0.5) is 0 Å². The highest BCUT2D eigenvalue weighted by Crippen LogP contribution is 2.30. The molecule has 4 aromatic rings. The van der Waals surface area contributed by atoms with Crippen LogP contribution in [0.1, 0.15) is 34.6 Å². The van der Waals surface area contributed by atoms with Gasteiger partial charge in [-0.3, -0.25) is 4.79 Å². The van der Waals surface area contributed by atoms with Crippen molar-refractivity contribution in [3.8, 4) is 17.3 Å². The molecule has 4 rings (SSSR count). The fourth-order valence-corrected chi connectivity index (χ4v) is 3.52. The Bertz CT molecular complexity index is 1250. The van der Waals surface area contributed by atoms with Gasteiger partial charge in [0.25, 0.3) is 5.91 Å². The lowest BCUT2D eigenvalue weighted by Gasteiger charge is -2.16. The van der Waals surface area contributed by atoms with E-state index in [0.29, 0.717) is 22.9 Å². The summed E-state index contributed by atoms with van der Waals surface area (Å²) in [6, 6.07) is 17.1. The first-order chi connectivity index (χ1) is 15.0. The number of carbonyl (C=O) groups excluding carboxylic acids is 1. The smallest absolute Gasteiger partial charge is 0.255 e. The molecule has 1 atom stereocenters. The van der Waals surface area contributed by atoms with Gasteiger partial charge in [0, 0.05) is 5.39 Å². The summed E-state index contributed by atoms with van der Waals surface area (Å²) in [5, 5.41) is 8.48. The Balaban J connectivity index is 1.56. The molecule has 158 valence electrons. The van der Waals surface area contributed by atoms with Crippen molar-refractivity contribution in [3.05, 3.63) is 77.6 Å². The molecule has 0 radical (unpaired) electrons. The van der Waals surface area contributed by atoms with E-state index in [9.17, 15) is 4.79 Å². The Kier molecular flexibility index (Phi) is 5.58. The largest absolute Gasteiger partial charge is 0.493 e. The van der Waals surface area contributed by atoms with E-state index < -0.39 is 0 Å². The molecule has 2 heterocycles. The van der Waals surface area contributed by atoms with Crippen LogP contribution in [0, 0.1) is 6.92 Å². The van der Waals surface area contributed by atoms with Crippen molar-refractivity contribution in [2.45, 2.75) is 19.9 Å². The topological polar surface area (TPSA) is 78.3 Å². The Morgan fingerprint density at radius 2 is 1.81 bits per heavy atom. The van der Waals surface area contributed by atoms with Crippen molar-refractivity contribution in [3.63, 3.8) is 0 Å². The van der Waals surface area contributed by atoms with Crippen LogP contribution in [0.2, 0.25) is 0 Å². The zero-order chi connectivity index (χ0) is 22.0. The van der Waals surface area contributed by atoms with Crippen LogP contribution in [0.3, 0.4) is 0 Å². The number of hydrogen-bond donors (Lipinski definition) is 1. The van der Waals surface area contributed by atoms with E-state index >= 15 is 0 Å². The highest BCUT2D eigenvalue weighted by Gasteiger charge is 2.19. The molecule has 1 amide bonds. The minimum atomic E-state index is -0.228. The molecule has 0 bridgehead atoms. The molecular formula is C24H24N4O3. The molecule has 0 aliphatic heterocycles. The summed E-state index contributed by atoms with van der Waals surface area (Å²) in [7, 11) is 3.18. The van der Waals surface area contributed by atoms with Crippen molar-refractivity contribution < 1.29 is 14.3 Å². The number of amides is 1. The number of nitrogens with zero attached hydrogens (tertiary/aromatic N) is 3. The minimum Gasteiger partial charge on any atom is -0.493 e. The summed E-state index contributed by atoms with van der Waals surface area (Å²) in [5.74, 6) is 1.73. The lowest BCUT2D eigenvalue weighted by molar-refractivity contribution is 0.0939. The number of methoxy groups -OCH3 is 2. The van der Waals surface area contributed by atoms with Crippen LogP contribution >= 0.6 is 0 Å². The summed E-state index contributed by atoms with van der Waals surface area (Å²) >= 11 is 0. The Labute approximate surface area is 180 Å². The summed E-state index contributed by atoms with van der Waals surface area (Å²) < 4.78 is 12.3. The number of hydrogen-bond acceptors (Lipinski definition) is 5. The number of aromatic nitrogens is 3. The maximum absolute atomic E-state index is 12.9. The third kappa shape index (κ3) is 3.94. The maximum atomic E-state index is 12.9. The number of pyridine rings is 1. The number of carbonyl (C=O) groups is 1. The van der Waals surface area contributed by atoms with Gasteiger partial charge in [-0.15, -0.1) is 0 Å². The van der Waals surface area contributed by atoms with Gasteiger partial charge < -0.3 is 14.8 Å². The number of benzene rings is 2. The lowest BCUT2D eigenvalue weighted by atomic mass is 10.1. The van der Waals surface area contributed by atoms with E-state index in [1.54, 1.807) is 25.1 Å². The number of nitrogens with one attached hydrogen (secondary N) is 1. The molecular weight excluding hydrogens is 392 g/mol. The molecule has 7 nitrogen and oxygen atoms in total. The van der Waals surface area contributed by atoms with E-state index in [2.05, 4.69) is 15.4 Å². The van der Waals surface area contributed by atoms with Gasteiger partial charge in [0.05, 0.1) is 43.2 Å². The van der Waals surface area contributed by atoms with E-state index in [-0.39, 0.29) is 11.9 Å². The van der Waals surface area contributed by atoms with E-state index in [1.807, 2.05) is 68.4 Å². The van der Waals surface area contributed by atoms with Gasteiger partial charge in [-0.25, -0.2) is 9.67 Å². The third-order valence-corrected chi connectivity index (χ3v) is 5.31. The van der Waals surface area contributed by atoms with Gasteiger partial charge in [-0.1, -0.05) is 24.3 Å². The Morgan fingerprint density at radius 1 is 1.03 bits per heavy atom. The molecule has 7 heteroatoms. The second kappa shape index (κ2) is 8.47. The van der Waals surface area contributed by atoms with Crippen LogP contribution < -0.4 is 14.8 Å². The molecule has 1 unspecified atom stereocenters. The van der Waals surface area contributed by atoms with Crippen LogP contribution in [0.5, 0.6) is 11.5 Å². The summed E-state index contributed by atoms with van der Waals surface area (Å²) in [5.41, 5.74) is 3.01. The molecule has 0 saturated carbocycles. The third-order valence-electron chi connectivity index (χ3n) is 5.31. The normalized spacial score (nSPS) is 11.9. The molecule has 0 aliphatic carbocycles. The van der Waals surface area contributed by atoms with Crippen molar-refractivity contribution in [2.75, 3.05) is 14.2 Å². The average Bonchev–Trinajstić information content (AvgIpc) is 3.19. The van der Waals surface area contributed by atoms with Crippen LogP contribution in [0.25, 0.3) is 16.7 Å². The van der Waals surface area contributed by atoms with Crippen molar-refractivity contribution >= 4 is 16.8 Å². The van der Waals surface area contributed by atoms with Gasteiger partial charge in [-0.05, 0) is 49.7 Å². The molecule has 0 saturated heterocycles. The van der Waals surface area contributed by atoms with Crippen LogP contribution in [-0.4, -0.2) is 34.9 Å². The first-order valence-corrected chi connectivity index (χ1v) is 9.95. The number of para-hydroxylation sites is 1. The van der Waals surface area contributed by atoms with E-state index in [0.717, 1.165) is 22.2 Å². The van der Waals surface area contributed by atoms with E-state index in [1.165, 1.54) is 0 Å². The van der Waals surface area contributed by atoms with Gasteiger partial charge in [0.1, 0.15) is 0 Å². The molecule has 31 heavy (non-hydrogen) atoms. The molecule has 1 N–H and O–H groups in total. The fourth-order valence-electron chi connectivity index (χ4n) is 3.52. The molecule has 0 spiro atoms. The highest BCUT2D eigenvalue weighted by atomic mass is 16.5.